The number of ketones is 1. The van der Waals surface area contributed by atoms with Gasteiger partial charge in [0.25, 0.3) is 0 Å². The van der Waals surface area contributed by atoms with Crippen LogP contribution in [0.15, 0.2) is 30.3 Å². The summed E-state index contributed by atoms with van der Waals surface area (Å²) in [4.78, 5) is 24.6. The lowest BCUT2D eigenvalue weighted by molar-refractivity contribution is 0.0474. The largest absolute Gasteiger partial charge is 0.454 e. The van der Waals surface area contributed by atoms with Gasteiger partial charge in [-0.3, -0.25) is 4.79 Å². The van der Waals surface area contributed by atoms with E-state index in [1.165, 1.54) is 12.1 Å². The fourth-order valence-corrected chi connectivity index (χ4v) is 5.30. The average molecular weight is 410 g/mol. The van der Waals surface area contributed by atoms with E-state index in [0.717, 1.165) is 5.69 Å². The summed E-state index contributed by atoms with van der Waals surface area (Å²) in [6.07, 6.45) is 0.540. The van der Waals surface area contributed by atoms with E-state index in [1.807, 2.05) is 11.5 Å². The summed E-state index contributed by atoms with van der Waals surface area (Å²) in [6.45, 7) is 3.25. The smallest absolute Gasteiger partial charge is 0.338 e. The molecule has 0 aliphatic carbocycles. The first-order chi connectivity index (χ1) is 12.7. The maximum atomic E-state index is 12.5. The fraction of sp³-hybridized carbons (Fsp3) is 0.368. The zero-order chi connectivity index (χ0) is 19.8. The summed E-state index contributed by atoms with van der Waals surface area (Å²) >= 11 is 5.78. The van der Waals surface area contributed by atoms with Crippen LogP contribution in [0.25, 0.3) is 0 Å². The topological polar surface area (TPSA) is 82.4 Å². The maximum Gasteiger partial charge on any atom is 0.338 e. The van der Waals surface area contributed by atoms with Gasteiger partial charge in [0, 0.05) is 28.0 Å². The Labute approximate surface area is 163 Å². The average Bonchev–Trinajstić information content (AvgIpc) is 3.11. The van der Waals surface area contributed by atoms with Gasteiger partial charge in [-0.05, 0) is 50.6 Å². The minimum Gasteiger partial charge on any atom is -0.454 e. The SMILES string of the molecule is Cc1cc(C(=O)COC(=O)c2ccc(Cl)cc2)c(C)n1[C@@H]1CCS(=O)(=O)C1. The molecule has 3 rings (SSSR count). The van der Waals surface area contributed by atoms with Gasteiger partial charge in [-0.2, -0.15) is 0 Å². The van der Waals surface area contributed by atoms with Crippen LogP contribution in [0.5, 0.6) is 0 Å². The van der Waals surface area contributed by atoms with Gasteiger partial charge in [-0.25, -0.2) is 13.2 Å². The Bertz CT molecular complexity index is 992. The van der Waals surface area contributed by atoms with Crippen molar-refractivity contribution < 1.29 is 22.7 Å². The quantitative estimate of drug-likeness (QED) is 0.559. The summed E-state index contributed by atoms with van der Waals surface area (Å²) in [5.74, 6) is -0.674. The van der Waals surface area contributed by atoms with Crippen LogP contribution in [0.2, 0.25) is 5.02 Å². The van der Waals surface area contributed by atoms with E-state index in [1.54, 1.807) is 25.1 Å². The Morgan fingerprint density at radius 3 is 2.48 bits per heavy atom. The van der Waals surface area contributed by atoms with Crippen LogP contribution in [0.4, 0.5) is 0 Å². The molecule has 1 atom stereocenters. The number of esters is 1. The molecule has 0 saturated carbocycles. The number of halogens is 1. The molecule has 27 heavy (non-hydrogen) atoms. The van der Waals surface area contributed by atoms with Gasteiger partial charge in [0.2, 0.25) is 5.78 Å². The summed E-state index contributed by atoms with van der Waals surface area (Å²) in [5, 5.41) is 0.504. The first kappa shape index (κ1) is 19.6. The lowest BCUT2D eigenvalue weighted by Crippen LogP contribution is -2.17. The molecule has 0 amide bonds. The summed E-state index contributed by atoms with van der Waals surface area (Å²) < 4.78 is 30.5. The number of carbonyl (C=O) groups excluding carboxylic acids is 2. The normalized spacial score (nSPS) is 18.4. The number of Topliss-reactive ketones (excluding diaryl/α,β-unsaturated/α-hetero) is 1. The first-order valence-corrected chi connectivity index (χ1v) is 10.7. The van der Waals surface area contributed by atoms with Crippen molar-refractivity contribution >= 4 is 33.2 Å². The van der Waals surface area contributed by atoms with Crippen molar-refractivity contribution in [2.45, 2.75) is 26.3 Å². The molecule has 0 radical (unpaired) electrons. The lowest BCUT2D eigenvalue weighted by Gasteiger charge is -2.16. The predicted molar refractivity (Wildman–Crippen MR) is 102 cm³/mol. The van der Waals surface area contributed by atoms with E-state index < -0.39 is 15.8 Å². The molecule has 1 aromatic heterocycles. The summed E-state index contributed by atoms with van der Waals surface area (Å²) in [7, 11) is -3.03. The van der Waals surface area contributed by atoms with Gasteiger partial charge < -0.3 is 9.30 Å². The summed E-state index contributed by atoms with van der Waals surface area (Å²) in [6, 6.07) is 7.77. The Morgan fingerprint density at radius 1 is 1.22 bits per heavy atom. The molecule has 2 aromatic rings. The molecule has 0 N–H and O–H groups in total. The molecule has 1 aromatic carbocycles. The zero-order valence-corrected chi connectivity index (χ0v) is 16.6. The molecule has 0 spiro atoms. The van der Waals surface area contributed by atoms with Crippen molar-refractivity contribution in [1.82, 2.24) is 4.57 Å². The second-order valence-corrected chi connectivity index (χ2v) is 9.38. The Balaban J connectivity index is 1.71. The molecule has 6 nitrogen and oxygen atoms in total. The third kappa shape index (κ3) is 4.25. The highest BCUT2D eigenvalue weighted by atomic mass is 35.5. The number of benzene rings is 1. The van der Waals surface area contributed by atoms with E-state index in [4.69, 9.17) is 16.3 Å². The van der Waals surface area contributed by atoms with E-state index in [-0.39, 0.29) is 29.9 Å². The van der Waals surface area contributed by atoms with Crippen LogP contribution in [-0.2, 0) is 14.6 Å². The Morgan fingerprint density at radius 2 is 1.89 bits per heavy atom. The molecule has 1 fully saturated rings. The molecule has 1 saturated heterocycles. The number of hydrogen-bond donors (Lipinski definition) is 0. The Kier molecular flexibility index (Phi) is 5.44. The van der Waals surface area contributed by atoms with Crippen LogP contribution in [0, 0.1) is 13.8 Å². The highest BCUT2D eigenvalue weighted by Crippen LogP contribution is 2.29. The number of hydrogen-bond acceptors (Lipinski definition) is 5. The third-order valence-corrected chi connectivity index (χ3v) is 6.77. The van der Waals surface area contributed by atoms with Crippen LogP contribution in [0.1, 0.15) is 44.6 Å². The van der Waals surface area contributed by atoms with Gasteiger partial charge in [0.15, 0.2) is 16.4 Å². The van der Waals surface area contributed by atoms with E-state index in [2.05, 4.69) is 0 Å². The van der Waals surface area contributed by atoms with Gasteiger partial charge in [-0.1, -0.05) is 11.6 Å². The van der Waals surface area contributed by atoms with Crippen LogP contribution in [-0.4, -0.2) is 42.9 Å². The van der Waals surface area contributed by atoms with Gasteiger partial charge in [-0.15, -0.1) is 0 Å². The number of aryl methyl sites for hydroxylation is 1. The predicted octanol–water partition coefficient (Wildman–Crippen LogP) is 3.16. The van der Waals surface area contributed by atoms with Crippen LogP contribution < -0.4 is 0 Å². The van der Waals surface area contributed by atoms with Gasteiger partial charge in [0.1, 0.15) is 0 Å². The molecule has 2 heterocycles. The Hall–Kier alpha value is -2.12. The molecular weight excluding hydrogens is 390 g/mol. The zero-order valence-electron chi connectivity index (χ0n) is 15.1. The number of rotatable bonds is 5. The third-order valence-electron chi connectivity index (χ3n) is 4.77. The highest BCUT2D eigenvalue weighted by Gasteiger charge is 2.31. The number of sulfone groups is 1. The van der Waals surface area contributed by atoms with Crippen molar-refractivity contribution in [3.8, 4) is 0 Å². The van der Waals surface area contributed by atoms with Gasteiger partial charge >= 0.3 is 5.97 Å². The number of nitrogens with zero attached hydrogens (tertiary/aromatic N) is 1. The molecule has 0 unspecified atom stereocenters. The minimum absolute atomic E-state index is 0.0859. The molecular formula is C19H20ClNO5S. The molecule has 8 heteroatoms. The number of carbonyl (C=O) groups is 2. The highest BCUT2D eigenvalue weighted by molar-refractivity contribution is 7.91. The van der Waals surface area contributed by atoms with Crippen molar-refractivity contribution in [3.05, 3.63) is 57.9 Å². The lowest BCUT2D eigenvalue weighted by atomic mass is 10.1. The van der Waals surface area contributed by atoms with Crippen molar-refractivity contribution in [1.29, 1.82) is 0 Å². The second-order valence-electron chi connectivity index (χ2n) is 6.72. The van der Waals surface area contributed by atoms with E-state index in [9.17, 15) is 18.0 Å². The van der Waals surface area contributed by atoms with Crippen LogP contribution in [0.3, 0.4) is 0 Å². The van der Waals surface area contributed by atoms with E-state index >= 15 is 0 Å². The number of aromatic nitrogens is 1. The van der Waals surface area contributed by atoms with Gasteiger partial charge in [0.05, 0.1) is 17.1 Å². The standard InChI is InChI=1S/C19H20ClNO5S/c1-12-9-17(13(2)21(12)16-7-8-27(24,25)11-16)18(22)10-26-19(23)14-3-5-15(20)6-4-14/h3-6,9,16H,7-8,10-11H2,1-2H3/t16-/m1/s1. The monoisotopic (exact) mass is 409 g/mol. The minimum atomic E-state index is -3.03. The fourth-order valence-electron chi connectivity index (χ4n) is 3.48. The van der Waals surface area contributed by atoms with Crippen molar-refractivity contribution in [2.24, 2.45) is 0 Å². The van der Waals surface area contributed by atoms with Crippen molar-refractivity contribution in [3.63, 3.8) is 0 Å². The molecule has 0 bridgehead atoms. The number of ether oxygens (including phenoxy) is 1. The van der Waals surface area contributed by atoms with Crippen molar-refractivity contribution in [2.75, 3.05) is 18.1 Å². The van der Waals surface area contributed by atoms with E-state index in [0.29, 0.717) is 28.3 Å². The molecule has 1 aliphatic heterocycles. The van der Waals surface area contributed by atoms with Crippen LogP contribution >= 0.6 is 11.6 Å². The summed E-state index contributed by atoms with van der Waals surface area (Å²) in [5.41, 5.74) is 2.28. The first-order valence-electron chi connectivity index (χ1n) is 8.52. The second kappa shape index (κ2) is 7.48. The molecule has 1 aliphatic rings. The maximum absolute atomic E-state index is 12.5. The molecule has 144 valence electrons.